The van der Waals surface area contributed by atoms with Crippen LogP contribution >= 0.6 is 0 Å². The second-order valence-corrected chi connectivity index (χ2v) is 9.02. The van der Waals surface area contributed by atoms with Crippen LogP contribution in [-0.4, -0.2) is 75.7 Å². The van der Waals surface area contributed by atoms with Crippen LogP contribution in [0.1, 0.15) is 22.8 Å². The normalized spacial score (nSPS) is 13.7. The molecule has 0 atom stereocenters. The number of methoxy groups -OCH3 is 1. The number of carbonyl (C=O) groups excluding carboxylic acids is 1. The minimum Gasteiger partial charge on any atom is -0.497 e. The molecule has 0 unspecified atom stereocenters. The smallest absolute Gasteiger partial charge is 0.414 e. The van der Waals surface area contributed by atoms with Gasteiger partial charge in [-0.15, -0.1) is 0 Å². The molecule has 198 valence electrons. The van der Waals surface area contributed by atoms with Crippen molar-refractivity contribution in [3.8, 4) is 5.75 Å². The molecular formula is C29H31N3O6. The third kappa shape index (κ3) is 5.78. The van der Waals surface area contributed by atoms with Crippen LogP contribution in [0, 0.1) is 0 Å². The van der Waals surface area contributed by atoms with Gasteiger partial charge in [-0.25, -0.2) is 9.59 Å². The van der Waals surface area contributed by atoms with Crippen molar-refractivity contribution in [3.05, 3.63) is 77.9 Å². The molecule has 1 amide bonds. The molecule has 2 heterocycles. The molecule has 3 aromatic carbocycles. The first-order chi connectivity index (χ1) is 18.3. The number of aliphatic carboxylic acids is 2. The van der Waals surface area contributed by atoms with E-state index in [2.05, 4.69) is 58.9 Å². The first-order valence-electron chi connectivity index (χ1n) is 12.4. The number of carboxylic acids is 2. The summed E-state index contributed by atoms with van der Waals surface area (Å²) in [5.41, 5.74) is 4.61. The number of ether oxygens (including phenoxy) is 1. The van der Waals surface area contributed by atoms with Gasteiger partial charge in [0.25, 0.3) is 5.91 Å². The predicted molar refractivity (Wildman–Crippen MR) is 145 cm³/mol. The van der Waals surface area contributed by atoms with Crippen LogP contribution in [0.5, 0.6) is 5.75 Å². The molecule has 0 bridgehead atoms. The molecule has 4 aromatic rings. The van der Waals surface area contributed by atoms with Crippen LogP contribution in [-0.2, 0) is 22.7 Å². The van der Waals surface area contributed by atoms with Gasteiger partial charge in [-0.05, 0) is 48.9 Å². The van der Waals surface area contributed by atoms with Crippen LogP contribution in [0.25, 0.3) is 21.8 Å². The van der Waals surface area contributed by atoms with Gasteiger partial charge in [-0.3, -0.25) is 9.69 Å². The molecule has 0 saturated carbocycles. The van der Waals surface area contributed by atoms with Gasteiger partial charge in [0.15, 0.2) is 0 Å². The lowest BCUT2D eigenvalue weighted by Crippen LogP contribution is -2.48. The molecule has 1 aliphatic heterocycles. The lowest BCUT2D eigenvalue weighted by Gasteiger charge is -2.34. The quantitative estimate of drug-likeness (QED) is 0.386. The predicted octanol–water partition coefficient (Wildman–Crippen LogP) is 3.94. The van der Waals surface area contributed by atoms with Crippen LogP contribution in [0.4, 0.5) is 0 Å². The van der Waals surface area contributed by atoms with Crippen LogP contribution in [0.15, 0.2) is 66.7 Å². The van der Waals surface area contributed by atoms with Crippen molar-refractivity contribution in [2.24, 2.45) is 0 Å². The average Bonchev–Trinajstić information content (AvgIpc) is 3.26. The van der Waals surface area contributed by atoms with E-state index in [9.17, 15) is 4.79 Å². The highest BCUT2D eigenvalue weighted by Gasteiger charge is 2.22. The Labute approximate surface area is 220 Å². The summed E-state index contributed by atoms with van der Waals surface area (Å²) in [5.74, 6) is -2.85. The third-order valence-corrected chi connectivity index (χ3v) is 6.72. The summed E-state index contributed by atoms with van der Waals surface area (Å²) in [7, 11) is 1.62. The molecule has 2 N–H and O–H groups in total. The highest BCUT2D eigenvalue weighted by atomic mass is 16.5. The molecule has 1 aromatic heterocycles. The van der Waals surface area contributed by atoms with E-state index in [0.29, 0.717) is 11.3 Å². The van der Waals surface area contributed by atoms with E-state index >= 15 is 0 Å². The third-order valence-electron chi connectivity index (χ3n) is 6.72. The number of nitrogens with zero attached hydrogens (tertiary/aromatic N) is 3. The van der Waals surface area contributed by atoms with Gasteiger partial charge in [0.05, 0.1) is 7.11 Å². The SMILES string of the molecule is CCn1c2ccccc2c2cc(CN3CCN(C(=O)c4cccc(OC)c4)CC3)ccc21.O=C(O)C(=O)O. The van der Waals surface area contributed by atoms with Gasteiger partial charge in [0.1, 0.15) is 5.75 Å². The van der Waals surface area contributed by atoms with E-state index in [4.69, 9.17) is 24.5 Å². The Bertz CT molecular complexity index is 1460. The fraction of sp³-hybridized carbons (Fsp3) is 0.276. The minimum atomic E-state index is -1.82. The molecule has 1 fully saturated rings. The monoisotopic (exact) mass is 517 g/mol. The number of aromatic nitrogens is 1. The number of amides is 1. The summed E-state index contributed by atoms with van der Waals surface area (Å²) in [5, 5.41) is 17.4. The van der Waals surface area contributed by atoms with Crippen molar-refractivity contribution in [1.29, 1.82) is 0 Å². The molecule has 0 aliphatic carbocycles. The number of piperazine rings is 1. The molecule has 1 saturated heterocycles. The number of fused-ring (bicyclic) bond motifs is 3. The van der Waals surface area contributed by atoms with Gasteiger partial charge >= 0.3 is 11.9 Å². The molecule has 9 heteroatoms. The zero-order chi connectivity index (χ0) is 27.2. The Balaban J connectivity index is 0.000000505. The molecule has 0 radical (unpaired) electrons. The number of aryl methyl sites for hydroxylation is 1. The van der Waals surface area contributed by atoms with Gasteiger partial charge in [0.2, 0.25) is 0 Å². The van der Waals surface area contributed by atoms with Crippen molar-refractivity contribution in [2.45, 2.75) is 20.0 Å². The molecular weight excluding hydrogens is 486 g/mol. The van der Waals surface area contributed by atoms with E-state index in [1.807, 2.05) is 29.2 Å². The van der Waals surface area contributed by atoms with E-state index in [1.54, 1.807) is 7.11 Å². The zero-order valence-electron chi connectivity index (χ0n) is 21.5. The summed E-state index contributed by atoms with van der Waals surface area (Å²) in [4.78, 5) is 35.5. The number of hydrogen-bond acceptors (Lipinski definition) is 5. The number of para-hydroxylation sites is 1. The van der Waals surface area contributed by atoms with Gasteiger partial charge in [-0.1, -0.05) is 30.3 Å². The largest absolute Gasteiger partial charge is 0.497 e. The standard InChI is InChI=1S/C27H29N3O2.C2H2O4/c1-3-30-25-10-5-4-9-23(25)24-17-20(11-12-26(24)30)19-28-13-15-29(16-14-28)27(31)21-7-6-8-22(18-21)32-2;3-1(4)2(5)6/h4-12,17-18H,3,13-16,19H2,1-2H3;(H,3,4)(H,5,6). The van der Waals surface area contributed by atoms with Crippen molar-refractivity contribution >= 4 is 39.7 Å². The number of rotatable bonds is 5. The van der Waals surface area contributed by atoms with Crippen molar-refractivity contribution < 1.29 is 29.3 Å². The number of benzene rings is 3. The second-order valence-electron chi connectivity index (χ2n) is 9.02. The van der Waals surface area contributed by atoms with Gasteiger partial charge in [0, 0.05) is 66.6 Å². The summed E-state index contributed by atoms with van der Waals surface area (Å²) in [6, 6.07) is 22.9. The molecule has 38 heavy (non-hydrogen) atoms. The molecule has 1 aliphatic rings. The Morgan fingerprint density at radius 3 is 2.16 bits per heavy atom. The van der Waals surface area contributed by atoms with Crippen LogP contribution in [0.3, 0.4) is 0 Å². The zero-order valence-corrected chi connectivity index (χ0v) is 21.5. The van der Waals surface area contributed by atoms with Crippen LogP contribution in [0.2, 0.25) is 0 Å². The van der Waals surface area contributed by atoms with Crippen molar-refractivity contribution in [1.82, 2.24) is 14.4 Å². The lowest BCUT2D eigenvalue weighted by atomic mass is 10.1. The first-order valence-corrected chi connectivity index (χ1v) is 12.4. The number of carbonyl (C=O) groups is 3. The number of carboxylic acid groups (broad SMARTS) is 2. The minimum absolute atomic E-state index is 0.0809. The summed E-state index contributed by atoms with van der Waals surface area (Å²) >= 11 is 0. The Kier molecular flexibility index (Phi) is 8.28. The lowest BCUT2D eigenvalue weighted by molar-refractivity contribution is -0.159. The molecule has 5 rings (SSSR count). The average molecular weight is 518 g/mol. The summed E-state index contributed by atoms with van der Waals surface area (Å²) < 4.78 is 7.65. The Hall–Kier alpha value is -4.37. The van der Waals surface area contributed by atoms with E-state index in [-0.39, 0.29) is 5.91 Å². The van der Waals surface area contributed by atoms with E-state index < -0.39 is 11.9 Å². The summed E-state index contributed by atoms with van der Waals surface area (Å²) in [6.07, 6.45) is 0. The van der Waals surface area contributed by atoms with Gasteiger partial charge < -0.3 is 24.4 Å². The van der Waals surface area contributed by atoms with Gasteiger partial charge in [-0.2, -0.15) is 0 Å². The Morgan fingerprint density at radius 1 is 0.816 bits per heavy atom. The van der Waals surface area contributed by atoms with E-state index in [1.165, 1.54) is 27.4 Å². The van der Waals surface area contributed by atoms with Crippen LogP contribution < -0.4 is 4.74 Å². The highest BCUT2D eigenvalue weighted by Crippen LogP contribution is 2.30. The topological polar surface area (TPSA) is 112 Å². The van der Waals surface area contributed by atoms with Crippen molar-refractivity contribution in [3.63, 3.8) is 0 Å². The maximum Gasteiger partial charge on any atom is 0.414 e. The maximum absolute atomic E-state index is 12.9. The maximum atomic E-state index is 12.9. The van der Waals surface area contributed by atoms with Crippen molar-refractivity contribution in [2.75, 3.05) is 33.3 Å². The highest BCUT2D eigenvalue weighted by molar-refractivity contribution is 6.27. The first kappa shape index (κ1) is 26.7. The van der Waals surface area contributed by atoms with E-state index in [0.717, 1.165) is 39.3 Å². The molecule has 0 spiro atoms. The molecule has 9 nitrogen and oxygen atoms in total. The number of hydrogen-bond donors (Lipinski definition) is 2. The Morgan fingerprint density at radius 2 is 1.50 bits per heavy atom. The fourth-order valence-corrected chi connectivity index (χ4v) is 4.85. The summed E-state index contributed by atoms with van der Waals surface area (Å²) in [6.45, 7) is 7.32. The second kappa shape index (κ2) is 11.8. The fourth-order valence-electron chi connectivity index (χ4n) is 4.85.